The fourth-order valence-corrected chi connectivity index (χ4v) is 3.41. The van der Waals surface area contributed by atoms with Gasteiger partial charge in [0.05, 0.1) is 10.8 Å². The van der Waals surface area contributed by atoms with E-state index in [0.717, 1.165) is 30.5 Å². The molecule has 0 amide bonds. The first-order chi connectivity index (χ1) is 12.1. The number of piperidine rings is 1. The largest absolute Gasteiger partial charge is 0.440 e. The van der Waals surface area contributed by atoms with Crippen molar-refractivity contribution >= 4 is 28.2 Å². The fourth-order valence-electron chi connectivity index (χ4n) is 3.41. The maximum atomic E-state index is 11.4. The maximum Gasteiger partial charge on any atom is 0.292 e. The summed E-state index contributed by atoms with van der Waals surface area (Å²) in [6.07, 6.45) is 1.86. The van der Waals surface area contributed by atoms with E-state index in [4.69, 9.17) is 10.2 Å². The molecule has 1 saturated heterocycles. The first kappa shape index (κ1) is 15.4. The van der Waals surface area contributed by atoms with Crippen molar-refractivity contribution in [3.63, 3.8) is 0 Å². The Bertz CT molecular complexity index is 904. The number of nitrogens with two attached hydrogens (primary N) is 1. The number of nitro groups is 1. The van der Waals surface area contributed by atoms with Crippen LogP contribution in [-0.4, -0.2) is 23.0 Å². The molecule has 1 aliphatic rings. The summed E-state index contributed by atoms with van der Waals surface area (Å²) < 4.78 is 5.90. The number of oxazole rings is 1. The van der Waals surface area contributed by atoms with Gasteiger partial charge in [0.25, 0.3) is 5.69 Å². The number of rotatable bonds is 3. The molecule has 25 heavy (non-hydrogen) atoms. The van der Waals surface area contributed by atoms with E-state index in [2.05, 4.69) is 4.98 Å². The third-order valence-electron chi connectivity index (χ3n) is 4.62. The quantitative estimate of drug-likeness (QED) is 0.444. The molecule has 1 fully saturated rings. The molecule has 1 aromatic heterocycles. The van der Waals surface area contributed by atoms with Crippen LogP contribution in [0.4, 0.5) is 17.1 Å². The topological polar surface area (TPSA) is 98.4 Å². The van der Waals surface area contributed by atoms with Crippen LogP contribution in [-0.2, 0) is 0 Å². The van der Waals surface area contributed by atoms with Crippen LogP contribution >= 0.6 is 0 Å². The predicted octanol–water partition coefficient (Wildman–Crippen LogP) is 3.70. The van der Waals surface area contributed by atoms with Crippen LogP contribution in [0.3, 0.4) is 0 Å². The summed E-state index contributed by atoms with van der Waals surface area (Å²) in [4.78, 5) is 17.6. The number of anilines is 2. The Kier molecular flexibility index (Phi) is 3.76. The molecule has 0 spiro atoms. The molecule has 3 aromatic rings. The van der Waals surface area contributed by atoms with Crippen molar-refractivity contribution in [1.29, 1.82) is 0 Å². The molecule has 0 saturated carbocycles. The summed E-state index contributed by atoms with van der Waals surface area (Å²) in [6.45, 7) is 1.37. The Hall–Kier alpha value is -3.09. The van der Waals surface area contributed by atoms with E-state index in [1.54, 1.807) is 12.1 Å². The van der Waals surface area contributed by atoms with Gasteiger partial charge in [-0.05, 0) is 37.1 Å². The summed E-state index contributed by atoms with van der Waals surface area (Å²) >= 11 is 0. The lowest BCUT2D eigenvalue weighted by atomic mass is 9.97. The number of aromatic nitrogens is 1. The Labute approximate surface area is 144 Å². The second-order valence-electron chi connectivity index (χ2n) is 6.31. The van der Waals surface area contributed by atoms with Crippen LogP contribution in [0.15, 0.2) is 46.9 Å². The van der Waals surface area contributed by atoms with Crippen LogP contribution in [0.2, 0.25) is 0 Å². The zero-order valence-electron chi connectivity index (χ0n) is 13.6. The number of para-hydroxylation sites is 2. The minimum atomic E-state index is -0.363. The van der Waals surface area contributed by atoms with E-state index in [0.29, 0.717) is 23.8 Å². The van der Waals surface area contributed by atoms with Crippen molar-refractivity contribution in [2.45, 2.75) is 18.8 Å². The van der Waals surface area contributed by atoms with E-state index >= 15 is 0 Å². The number of hydrogen-bond donors (Lipinski definition) is 1. The van der Waals surface area contributed by atoms with Crippen molar-refractivity contribution in [3.05, 3.63) is 58.5 Å². The van der Waals surface area contributed by atoms with Gasteiger partial charge in [0, 0.05) is 24.8 Å². The predicted molar refractivity (Wildman–Crippen MR) is 95.7 cm³/mol. The Morgan fingerprint density at radius 1 is 1.28 bits per heavy atom. The number of hydrogen-bond acceptors (Lipinski definition) is 6. The monoisotopic (exact) mass is 338 g/mol. The van der Waals surface area contributed by atoms with Crippen LogP contribution in [0.1, 0.15) is 24.7 Å². The van der Waals surface area contributed by atoms with Gasteiger partial charge in [-0.1, -0.05) is 12.1 Å². The number of fused-ring (bicyclic) bond motifs is 1. The van der Waals surface area contributed by atoms with Crippen molar-refractivity contribution in [3.8, 4) is 0 Å². The van der Waals surface area contributed by atoms with Crippen molar-refractivity contribution in [1.82, 2.24) is 4.98 Å². The molecule has 2 aromatic carbocycles. The van der Waals surface area contributed by atoms with Gasteiger partial charge in [0.1, 0.15) is 11.2 Å². The first-order valence-corrected chi connectivity index (χ1v) is 8.26. The minimum Gasteiger partial charge on any atom is -0.440 e. The standard InChI is InChI=1S/C18H18N4O3/c19-13-7-8-15(22(23)24)16(10-13)21-9-3-4-12(11-21)18-20-14-5-1-2-6-17(14)25-18/h1-2,5-8,10,12H,3-4,9,11,19H2/t12-/m1/s1. The number of nitrogens with zero attached hydrogens (tertiary/aromatic N) is 3. The third kappa shape index (κ3) is 2.88. The first-order valence-electron chi connectivity index (χ1n) is 8.26. The van der Waals surface area contributed by atoms with E-state index in [1.807, 2.05) is 29.2 Å². The summed E-state index contributed by atoms with van der Waals surface area (Å²) in [5, 5.41) is 11.4. The molecule has 1 aliphatic heterocycles. The van der Waals surface area contributed by atoms with Crippen molar-refractivity contribution in [2.75, 3.05) is 23.7 Å². The van der Waals surface area contributed by atoms with Crippen LogP contribution < -0.4 is 10.6 Å². The van der Waals surface area contributed by atoms with Crippen molar-refractivity contribution in [2.24, 2.45) is 0 Å². The maximum absolute atomic E-state index is 11.4. The van der Waals surface area contributed by atoms with Gasteiger partial charge in [-0.3, -0.25) is 10.1 Å². The highest BCUT2D eigenvalue weighted by Crippen LogP contribution is 2.36. The number of nitrogen functional groups attached to an aromatic ring is 1. The fraction of sp³-hybridized carbons (Fsp3) is 0.278. The third-order valence-corrected chi connectivity index (χ3v) is 4.62. The molecule has 0 aliphatic carbocycles. The molecule has 2 heterocycles. The van der Waals surface area contributed by atoms with Gasteiger partial charge in [-0.2, -0.15) is 0 Å². The molecular weight excluding hydrogens is 320 g/mol. The van der Waals surface area contributed by atoms with E-state index in [-0.39, 0.29) is 16.5 Å². The zero-order chi connectivity index (χ0) is 17.4. The van der Waals surface area contributed by atoms with Gasteiger partial charge in [-0.15, -0.1) is 0 Å². The molecule has 0 unspecified atom stereocenters. The number of nitro benzene ring substituents is 1. The molecule has 0 bridgehead atoms. The van der Waals surface area contributed by atoms with E-state index in [9.17, 15) is 10.1 Å². The average molecular weight is 338 g/mol. The van der Waals surface area contributed by atoms with Crippen LogP contribution in [0.5, 0.6) is 0 Å². The molecule has 0 radical (unpaired) electrons. The van der Waals surface area contributed by atoms with Crippen LogP contribution in [0, 0.1) is 10.1 Å². The molecular formula is C18H18N4O3. The summed E-state index contributed by atoms with van der Waals surface area (Å²) in [6, 6.07) is 12.4. The zero-order valence-corrected chi connectivity index (χ0v) is 13.6. The summed E-state index contributed by atoms with van der Waals surface area (Å²) in [5.41, 5.74) is 8.61. The minimum absolute atomic E-state index is 0.0763. The molecule has 7 heteroatoms. The van der Waals surface area contributed by atoms with Crippen LogP contribution in [0.25, 0.3) is 11.1 Å². The van der Waals surface area contributed by atoms with E-state index in [1.165, 1.54) is 6.07 Å². The Morgan fingerprint density at radius 3 is 2.92 bits per heavy atom. The van der Waals surface area contributed by atoms with Gasteiger partial charge in [0.2, 0.25) is 0 Å². The number of benzene rings is 2. The highest BCUT2D eigenvalue weighted by atomic mass is 16.6. The summed E-state index contributed by atoms with van der Waals surface area (Å²) in [5.74, 6) is 0.791. The van der Waals surface area contributed by atoms with Gasteiger partial charge in [-0.25, -0.2) is 4.98 Å². The Balaban J connectivity index is 1.65. The molecule has 4 rings (SSSR count). The van der Waals surface area contributed by atoms with E-state index < -0.39 is 0 Å². The van der Waals surface area contributed by atoms with Gasteiger partial charge in [0.15, 0.2) is 11.5 Å². The molecule has 1 atom stereocenters. The summed E-state index contributed by atoms with van der Waals surface area (Å²) in [7, 11) is 0. The molecule has 128 valence electrons. The average Bonchev–Trinajstić information content (AvgIpc) is 3.06. The lowest BCUT2D eigenvalue weighted by Crippen LogP contribution is -2.34. The molecule has 7 nitrogen and oxygen atoms in total. The van der Waals surface area contributed by atoms with Gasteiger partial charge < -0.3 is 15.1 Å². The highest BCUT2D eigenvalue weighted by molar-refractivity contribution is 5.72. The Morgan fingerprint density at radius 2 is 2.12 bits per heavy atom. The smallest absolute Gasteiger partial charge is 0.292 e. The second kappa shape index (κ2) is 6.08. The second-order valence-corrected chi connectivity index (χ2v) is 6.31. The SMILES string of the molecule is Nc1ccc([N+](=O)[O-])c(N2CCC[C@@H](c3nc4ccccc4o3)C2)c1. The lowest BCUT2D eigenvalue weighted by molar-refractivity contribution is -0.384. The molecule has 2 N–H and O–H groups in total. The normalized spacial score (nSPS) is 17.8. The lowest BCUT2D eigenvalue weighted by Gasteiger charge is -2.32. The van der Waals surface area contributed by atoms with Gasteiger partial charge >= 0.3 is 0 Å². The van der Waals surface area contributed by atoms with Crippen molar-refractivity contribution < 1.29 is 9.34 Å². The highest BCUT2D eigenvalue weighted by Gasteiger charge is 2.29.